The first kappa shape index (κ1) is 15.3. The maximum absolute atomic E-state index is 11.8. The molecule has 6 heteroatoms. The molecule has 0 atom stereocenters. The standard InChI is InChI=1S/C15H18N2O3S/c1-10-4-5-13(14(6-10)19-3)20-9-15(18)17-8-12-7-16-11(2)21-12/h4-7H,8-9H2,1-3H3,(H,17,18). The number of methoxy groups -OCH3 is 1. The quantitative estimate of drug-likeness (QED) is 0.890. The number of ether oxygens (including phenoxy) is 2. The van der Waals surface area contributed by atoms with Crippen molar-refractivity contribution >= 4 is 17.2 Å². The fourth-order valence-corrected chi connectivity index (χ4v) is 2.50. The highest BCUT2D eigenvalue weighted by molar-refractivity contribution is 7.11. The molecule has 0 saturated heterocycles. The molecule has 0 saturated carbocycles. The molecule has 1 heterocycles. The zero-order chi connectivity index (χ0) is 15.2. The number of hydrogen-bond donors (Lipinski definition) is 1. The van der Waals surface area contributed by atoms with E-state index in [0.29, 0.717) is 18.0 Å². The smallest absolute Gasteiger partial charge is 0.258 e. The predicted octanol–water partition coefficient (Wildman–Crippen LogP) is 2.46. The molecule has 0 fully saturated rings. The van der Waals surface area contributed by atoms with Crippen molar-refractivity contribution < 1.29 is 14.3 Å². The molecule has 0 spiro atoms. The first-order chi connectivity index (χ1) is 10.1. The molecular formula is C15H18N2O3S. The van der Waals surface area contributed by atoms with Gasteiger partial charge in [0.2, 0.25) is 0 Å². The molecule has 0 bridgehead atoms. The summed E-state index contributed by atoms with van der Waals surface area (Å²) in [6, 6.07) is 5.58. The van der Waals surface area contributed by atoms with Gasteiger partial charge in [-0.1, -0.05) is 6.07 Å². The van der Waals surface area contributed by atoms with E-state index < -0.39 is 0 Å². The highest BCUT2D eigenvalue weighted by Crippen LogP contribution is 2.27. The summed E-state index contributed by atoms with van der Waals surface area (Å²) in [5.41, 5.74) is 1.07. The minimum absolute atomic E-state index is 0.0444. The van der Waals surface area contributed by atoms with Gasteiger partial charge in [-0.2, -0.15) is 0 Å². The number of aryl methyl sites for hydroxylation is 2. The number of benzene rings is 1. The minimum atomic E-state index is -0.177. The van der Waals surface area contributed by atoms with E-state index in [1.54, 1.807) is 30.7 Å². The summed E-state index contributed by atoms with van der Waals surface area (Å²) in [5, 5.41) is 3.78. The summed E-state index contributed by atoms with van der Waals surface area (Å²) in [6.07, 6.45) is 1.77. The van der Waals surface area contributed by atoms with E-state index in [-0.39, 0.29) is 12.5 Å². The van der Waals surface area contributed by atoms with Crippen LogP contribution in [0.25, 0.3) is 0 Å². The fraction of sp³-hybridized carbons (Fsp3) is 0.333. The van der Waals surface area contributed by atoms with Crippen LogP contribution in [0.4, 0.5) is 0 Å². The average Bonchev–Trinajstić information content (AvgIpc) is 2.89. The molecule has 1 aromatic heterocycles. The molecule has 2 aromatic rings. The molecular weight excluding hydrogens is 288 g/mol. The Morgan fingerprint density at radius 2 is 2.14 bits per heavy atom. The highest BCUT2D eigenvalue weighted by atomic mass is 32.1. The third-order valence-corrected chi connectivity index (χ3v) is 3.72. The Morgan fingerprint density at radius 1 is 1.33 bits per heavy atom. The number of aromatic nitrogens is 1. The van der Waals surface area contributed by atoms with E-state index in [9.17, 15) is 4.79 Å². The number of nitrogens with zero attached hydrogens (tertiary/aromatic N) is 1. The Hall–Kier alpha value is -2.08. The van der Waals surface area contributed by atoms with Crippen molar-refractivity contribution in [3.63, 3.8) is 0 Å². The highest BCUT2D eigenvalue weighted by Gasteiger charge is 2.08. The van der Waals surface area contributed by atoms with Gasteiger partial charge < -0.3 is 14.8 Å². The van der Waals surface area contributed by atoms with Gasteiger partial charge in [0.25, 0.3) is 5.91 Å². The van der Waals surface area contributed by atoms with E-state index in [4.69, 9.17) is 9.47 Å². The first-order valence-electron chi connectivity index (χ1n) is 6.54. The number of amides is 1. The Bertz CT molecular complexity index is 625. The number of thiazole rings is 1. The summed E-state index contributed by atoms with van der Waals surface area (Å²) < 4.78 is 10.7. The van der Waals surface area contributed by atoms with Gasteiger partial charge >= 0.3 is 0 Å². The van der Waals surface area contributed by atoms with Crippen LogP contribution in [0.1, 0.15) is 15.4 Å². The first-order valence-corrected chi connectivity index (χ1v) is 7.35. The van der Waals surface area contributed by atoms with E-state index in [0.717, 1.165) is 15.4 Å². The van der Waals surface area contributed by atoms with Crippen LogP contribution in [0.5, 0.6) is 11.5 Å². The van der Waals surface area contributed by atoms with Crippen LogP contribution in [-0.4, -0.2) is 24.6 Å². The number of carbonyl (C=O) groups is 1. The summed E-state index contributed by atoms with van der Waals surface area (Å²) in [5.74, 6) is 1.01. The third kappa shape index (κ3) is 4.46. The largest absolute Gasteiger partial charge is 0.493 e. The molecule has 0 aliphatic heterocycles. The summed E-state index contributed by atoms with van der Waals surface area (Å²) in [4.78, 5) is 16.9. The number of carbonyl (C=O) groups excluding carboxylic acids is 1. The lowest BCUT2D eigenvalue weighted by Crippen LogP contribution is -2.28. The van der Waals surface area contributed by atoms with Crippen molar-refractivity contribution in [2.45, 2.75) is 20.4 Å². The van der Waals surface area contributed by atoms with Gasteiger partial charge in [0.05, 0.1) is 18.7 Å². The van der Waals surface area contributed by atoms with E-state index in [1.165, 1.54) is 0 Å². The zero-order valence-corrected chi connectivity index (χ0v) is 13.1. The second kappa shape index (κ2) is 7.08. The lowest BCUT2D eigenvalue weighted by molar-refractivity contribution is -0.123. The van der Waals surface area contributed by atoms with Crippen LogP contribution in [0, 0.1) is 13.8 Å². The Balaban J connectivity index is 1.83. The van der Waals surface area contributed by atoms with Crippen molar-refractivity contribution in [1.29, 1.82) is 0 Å². The van der Waals surface area contributed by atoms with Crippen molar-refractivity contribution in [2.24, 2.45) is 0 Å². The van der Waals surface area contributed by atoms with Gasteiger partial charge in [0.1, 0.15) is 0 Å². The van der Waals surface area contributed by atoms with Gasteiger partial charge in [-0.25, -0.2) is 4.98 Å². The molecule has 2 rings (SSSR count). The lowest BCUT2D eigenvalue weighted by Gasteiger charge is -2.11. The number of nitrogens with one attached hydrogen (secondary N) is 1. The van der Waals surface area contributed by atoms with Gasteiger partial charge in [-0.15, -0.1) is 11.3 Å². The summed E-state index contributed by atoms with van der Waals surface area (Å²) in [7, 11) is 1.58. The molecule has 0 aliphatic carbocycles. The van der Waals surface area contributed by atoms with Crippen LogP contribution in [-0.2, 0) is 11.3 Å². The molecule has 1 amide bonds. The molecule has 21 heavy (non-hydrogen) atoms. The zero-order valence-electron chi connectivity index (χ0n) is 12.3. The summed E-state index contributed by atoms with van der Waals surface area (Å²) >= 11 is 1.57. The van der Waals surface area contributed by atoms with Gasteiger partial charge in [-0.05, 0) is 31.5 Å². The Labute approximate surface area is 127 Å². The second-order valence-electron chi connectivity index (χ2n) is 4.57. The molecule has 0 aliphatic rings. The Kier molecular flexibility index (Phi) is 5.16. The van der Waals surface area contributed by atoms with Crippen molar-refractivity contribution in [3.05, 3.63) is 39.8 Å². The van der Waals surface area contributed by atoms with E-state index >= 15 is 0 Å². The van der Waals surface area contributed by atoms with E-state index in [2.05, 4.69) is 10.3 Å². The average molecular weight is 306 g/mol. The monoisotopic (exact) mass is 306 g/mol. The summed E-state index contributed by atoms with van der Waals surface area (Å²) in [6.45, 7) is 4.33. The van der Waals surface area contributed by atoms with Gasteiger partial charge in [0, 0.05) is 11.1 Å². The van der Waals surface area contributed by atoms with Crippen molar-refractivity contribution in [3.8, 4) is 11.5 Å². The van der Waals surface area contributed by atoms with Crippen molar-refractivity contribution in [2.75, 3.05) is 13.7 Å². The molecule has 1 N–H and O–H groups in total. The van der Waals surface area contributed by atoms with Gasteiger partial charge in [-0.3, -0.25) is 4.79 Å². The number of hydrogen-bond acceptors (Lipinski definition) is 5. The Morgan fingerprint density at radius 3 is 2.81 bits per heavy atom. The maximum atomic E-state index is 11.8. The normalized spacial score (nSPS) is 10.2. The topological polar surface area (TPSA) is 60.5 Å². The minimum Gasteiger partial charge on any atom is -0.493 e. The van der Waals surface area contributed by atoms with Crippen molar-refractivity contribution in [1.82, 2.24) is 10.3 Å². The third-order valence-electron chi connectivity index (χ3n) is 2.81. The SMILES string of the molecule is COc1cc(C)ccc1OCC(=O)NCc1cnc(C)s1. The lowest BCUT2D eigenvalue weighted by atomic mass is 10.2. The van der Waals surface area contributed by atoms with Crippen LogP contribution in [0.15, 0.2) is 24.4 Å². The molecule has 112 valence electrons. The van der Waals surface area contributed by atoms with E-state index in [1.807, 2.05) is 26.0 Å². The molecule has 5 nitrogen and oxygen atoms in total. The van der Waals surface area contributed by atoms with Crippen LogP contribution < -0.4 is 14.8 Å². The fourth-order valence-electron chi connectivity index (χ4n) is 1.76. The van der Waals surface area contributed by atoms with Crippen LogP contribution in [0.2, 0.25) is 0 Å². The molecule has 0 radical (unpaired) electrons. The maximum Gasteiger partial charge on any atom is 0.258 e. The second-order valence-corrected chi connectivity index (χ2v) is 5.88. The van der Waals surface area contributed by atoms with Crippen LogP contribution in [0.3, 0.4) is 0 Å². The number of rotatable bonds is 6. The van der Waals surface area contributed by atoms with Crippen LogP contribution >= 0.6 is 11.3 Å². The molecule has 0 unspecified atom stereocenters. The molecule has 1 aromatic carbocycles. The predicted molar refractivity (Wildman–Crippen MR) is 81.9 cm³/mol. The van der Waals surface area contributed by atoms with Gasteiger partial charge in [0.15, 0.2) is 18.1 Å².